The molecule has 3 aromatic rings. The molecule has 1 amide bonds. The van der Waals surface area contributed by atoms with Crippen molar-refractivity contribution in [3.63, 3.8) is 0 Å². The number of carbonyl (C=O) groups is 2. The van der Waals surface area contributed by atoms with E-state index in [1.54, 1.807) is 17.6 Å². The number of halogens is 1. The van der Waals surface area contributed by atoms with Gasteiger partial charge in [0.05, 0.1) is 41.5 Å². The Labute approximate surface area is 307 Å². The Morgan fingerprint density at radius 1 is 1.02 bits per heavy atom. The highest BCUT2D eigenvalue weighted by Crippen LogP contribution is 2.31. The number of aromatic amines is 1. The van der Waals surface area contributed by atoms with Crippen LogP contribution in [-0.2, 0) is 27.8 Å². The number of unbranched alkanes of at least 4 members (excludes halogenated alkanes) is 11. The molecule has 0 bridgehead atoms. The number of rotatable bonds is 23. The third-order valence-corrected chi connectivity index (χ3v) is 10.5. The Morgan fingerprint density at radius 3 is 2.44 bits per heavy atom. The number of amides is 1. The van der Waals surface area contributed by atoms with Crippen molar-refractivity contribution in [1.29, 1.82) is 0 Å². The molecule has 4 rings (SSSR count). The van der Waals surface area contributed by atoms with Crippen LogP contribution in [0.25, 0.3) is 11.0 Å². The lowest BCUT2D eigenvalue weighted by Crippen LogP contribution is -2.45. The van der Waals surface area contributed by atoms with Crippen LogP contribution in [0.15, 0.2) is 52.6 Å². The van der Waals surface area contributed by atoms with Gasteiger partial charge in [-0.3, -0.25) is 19.5 Å². The predicted octanol–water partition coefficient (Wildman–Crippen LogP) is 9.13. The Bertz CT molecular complexity index is 1530. The van der Waals surface area contributed by atoms with E-state index in [1.807, 2.05) is 36.9 Å². The van der Waals surface area contributed by atoms with Gasteiger partial charge in [-0.2, -0.15) is 0 Å². The minimum Gasteiger partial charge on any atom is -0.465 e. The molecule has 0 unspecified atom stereocenters. The van der Waals surface area contributed by atoms with E-state index < -0.39 is 0 Å². The molecule has 1 aliphatic heterocycles. The third-order valence-electron chi connectivity index (χ3n) is 9.70. The highest BCUT2D eigenvalue weighted by Gasteiger charge is 2.35. The number of H-pyrrole nitrogens is 1. The van der Waals surface area contributed by atoms with Crippen molar-refractivity contribution in [2.75, 3.05) is 25.0 Å². The first-order valence-electron chi connectivity index (χ1n) is 18.9. The number of allylic oxidation sites excluding steroid dienone is 2. The molecule has 1 aromatic carbocycles. The van der Waals surface area contributed by atoms with E-state index in [1.165, 1.54) is 57.8 Å². The lowest BCUT2D eigenvalue weighted by atomic mass is 9.85. The second kappa shape index (κ2) is 21.7. The van der Waals surface area contributed by atoms with Gasteiger partial charge in [-0.1, -0.05) is 77.4 Å². The average Bonchev–Trinajstić information content (AvgIpc) is 3.89. The van der Waals surface area contributed by atoms with E-state index in [2.05, 4.69) is 60.3 Å². The summed E-state index contributed by atoms with van der Waals surface area (Å²) in [5.41, 5.74) is 3.50. The fraction of sp³-hybridized carbons (Fsp3) is 0.615. The molecule has 0 saturated heterocycles. The number of aromatic nitrogens is 4. The highest BCUT2D eigenvalue weighted by molar-refractivity contribution is 9.10. The number of esters is 1. The molecule has 11 heteroatoms. The van der Waals surface area contributed by atoms with Gasteiger partial charge in [0.2, 0.25) is 11.9 Å². The van der Waals surface area contributed by atoms with Gasteiger partial charge in [-0.15, -0.1) is 0 Å². The van der Waals surface area contributed by atoms with Gasteiger partial charge in [0.1, 0.15) is 5.52 Å². The minimum atomic E-state index is -0.361. The Kier molecular flexibility index (Phi) is 17.0. The predicted molar refractivity (Wildman–Crippen MR) is 206 cm³/mol. The van der Waals surface area contributed by atoms with Crippen molar-refractivity contribution in [2.24, 2.45) is 23.9 Å². The molecule has 274 valence electrons. The van der Waals surface area contributed by atoms with Crippen LogP contribution in [-0.4, -0.2) is 62.0 Å². The van der Waals surface area contributed by atoms with E-state index in [4.69, 9.17) is 4.74 Å². The number of nitrogens with zero attached hydrogens (tertiary/aromatic N) is 5. The van der Waals surface area contributed by atoms with E-state index in [0.29, 0.717) is 38.3 Å². The summed E-state index contributed by atoms with van der Waals surface area (Å²) < 4.78 is 8.63. The molecule has 3 heterocycles. The summed E-state index contributed by atoms with van der Waals surface area (Å²) in [5, 5.41) is 3.36. The monoisotopic (exact) mass is 751 g/mol. The van der Waals surface area contributed by atoms with Crippen molar-refractivity contribution in [3.8, 4) is 0 Å². The Hall–Kier alpha value is -3.47. The standard InChI is InChI=1S/C39H58BrN7O3/c1-4-6-7-8-9-10-11-12-13-14-15-16-17-18-19-20-35(48)50-27-30(25-31-26-41-29-46(31)3)32(5-2)38(49)47-24-23-42-39(47)45-33-21-22-34-37(36(33)40)44-28-43-34/h12-13,21-22,26,28-30,32H,4-11,14-20,23-25,27H2,1-3H3,(H,42,45)(H,43,44)/b13-12-/t30-,32-/m0/s1. The highest BCUT2D eigenvalue weighted by atomic mass is 79.9. The van der Waals surface area contributed by atoms with Gasteiger partial charge in [0.25, 0.3) is 0 Å². The Balaban J connectivity index is 1.22. The number of nitrogens with one attached hydrogen (secondary N) is 2. The molecular formula is C39H58BrN7O3. The van der Waals surface area contributed by atoms with Crippen molar-refractivity contribution in [2.45, 2.75) is 117 Å². The van der Waals surface area contributed by atoms with Crippen LogP contribution >= 0.6 is 15.9 Å². The van der Waals surface area contributed by atoms with Gasteiger partial charge < -0.3 is 19.6 Å². The number of carbonyl (C=O) groups excluding carboxylic acids is 2. The van der Waals surface area contributed by atoms with Crippen LogP contribution in [0.1, 0.15) is 116 Å². The molecule has 0 saturated carbocycles. The van der Waals surface area contributed by atoms with Crippen LogP contribution in [0, 0.1) is 11.8 Å². The first-order chi connectivity index (χ1) is 24.4. The van der Waals surface area contributed by atoms with Gasteiger partial charge in [-0.05, 0) is 73.0 Å². The molecule has 0 radical (unpaired) electrons. The van der Waals surface area contributed by atoms with Crippen molar-refractivity contribution in [1.82, 2.24) is 24.4 Å². The summed E-state index contributed by atoms with van der Waals surface area (Å²) in [6, 6.07) is 3.88. The third kappa shape index (κ3) is 12.1. The molecule has 0 spiro atoms. The largest absolute Gasteiger partial charge is 0.465 e. The van der Waals surface area contributed by atoms with E-state index in [9.17, 15) is 9.59 Å². The van der Waals surface area contributed by atoms with Gasteiger partial charge >= 0.3 is 5.97 Å². The summed E-state index contributed by atoms with van der Waals surface area (Å²) >= 11 is 3.66. The number of imidazole rings is 2. The normalized spacial score (nSPS) is 14.4. The van der Waals surface area contributed by atoms with Crippen LogP contribution in [0.3, 0.4) is 0 Å². The zero-order valence-electron chi connectivity index (χ0n) is 30.5. The second-order valence-corrected chi connectivity index (χ2v) is 14.3. The lowest BCUT2D eigenvalue weighted by molar-refractivity contribution is -0.148. The molecule has 2 N–H and O–H groups in total. The number of ether oxygens (including phenoxy) is 1. The Morgan fingerprint density at radius 2 is 1.74 bits per heavy atom. The zero-order valence-corrected chi connectivity index (χ0v) is 32.1. The number of hydrogen-bond acceptors (Lipinski definition) is 7. The molecule has 2 atom stereocenters. The van der Waals surface area contributed by atoms with Crippen molar-refractivity contribution in [3.05, 3.63) is 53.3 Å². The summed E-state index contributed by atoms with van der Waals surface area (Å²) in [4.78, 5) is 45.2. The molecule has 0 aliphatic carbocycles. The number of fused-ring (bicyclic) bond motifs is 1. The van der Waals surface area contributed by atoms with Crippen molar-refractivity contribution >= 4 is 50.5 Å². The summed E-state index contributed by atoms with van der Waals surface area (Å²) in [7, 11) is 1.95. The first kappa shape index (κ1) is 39.3. The van der Waals surface area contributed by atoms with Crippen LogP contribution < -0.4 is 5.32 Å². The molecular weight excluding hydrogens is 694 g/mol. The summed E-state index contributed by atoms with van der Waals surface area (Å²) in [6.45, 7) is 5.48. The van der Waals surface area contributed by atoms with Gasteiger partial charge in [0.15, 0.2) is 0 Å². The number of hydrogen-bond donors (Lipinski definition) is 2. The van der Waals surface area contributed by atoms with Crippen molar-refractivity contribution < 1.29 is 14.3 Å². The van der Waals surface area contributed by atoms with Gasteiger partial charge in [0, 0.05) is 43.7 Å². The van der Waals surface area contributed by atoms with E-state index in [0.717, 1.165) is 52.6 Å². The number of anilines is 1. The van der Waals surface area contributed by atoms with Crippen LogP contribution in [0.2, 0.25) is 0 Å². The zero-order chi connectivity index (χ0) is 35.6. The fourth-order valence-electron chi connectivity index (χ4n) is 6.65. The quantitative estimate of drug-likeness (QED) is 0.0567. The maximum absolute atomic E-state index is 14.2. The maximum atomic E-state index is 14.2. The van der Waals surface area contributed by atoms with E-state index in [-0.39, 0.29) is 30.3 Å². The average molecular weight is 753 g/mol. The molecule has 0 fully saturated rings. The van der Waals surface area contributed by atoms with Crippen LogP contribution in [0.5, 0.6) is 0 Å². The van der Waals surface area contributed by atoms with Gasteiger partial charge in [-0.25, -0.2) is 9.97 Å². The fourth-order valence-corrected chi connectivity index (χ4v) is 7.20. The number of aryl methyl sites for hydroxylation is 1. The number of aliphatic imine (C=N–C) groups is 1. The SMILES string of the molecule is CCCCCCCC/C=C\CCCCCCCC(=O)OC[C@H](Cc1cncn1C)[C@H](CC)C(=O)N1CCN=C1Nc1ccc2[nH]cnc2c1Br. The molecule has 10 nitrogen and oxygen atoms in total. The number of guanidine groups is 1. The smallest absolute Gasteiger partial charge is 0.305 e. The lowest BCUT2D eigenvalue weighted by Gasteiger charge is -2.30. The molecule has 1 aliphatic rings. The molecule has 2 aromatic heterocycles. The number of benzene rings is 1. The summed E-state index contributed by atoms with van der Waals surface area (Å²) in [5.74, 6) is -0.253. The van der Waals surface area contributed by atoms with Crippen LogP contribution in [0.4, 0.5) is 5.69 Å². The molecule has 50 heavy (non-hydrogen) atoms. The second-order valence-electron chi connectivity index (χ2n) is 13.5. The van der Waals surface area contributed by atoms with E-state index >= 15 is 0 Å². The minimum absolute atomic E-state index is 0.0197. The maximum Gasteiger partial charge on any atom is 0.305 e. The topological polar surface area (TPSA) is 117 Å². The first-order valence-corrected chi connectivity index (χ1v) is 19.7. The summed E-state index contributed by atoms with van der Waals surface area (Å²) in [6.07, 6.45) is 27.3.